The summed E-state index contributed by atoms with van der Waals surface area (Å²) in [4.78, 5) is 45.7. The van der Waals surface area contributed by atoms with E-state index in [1.807, 2.05) is 0 Å². The smallest absolute Gasteiger partial charge is 0.294 e. The predicted molar refractivity (Wildman–Crippen MR) is 102 cm³/mol. The molecule has 0 aliphatic heterocycles. The van der Waals surface area contributed by atoms with E-state index in [1.165, 1.54) is 43.3 Å². The van der Waals surface area contributed by atoms with Crippen LogP contribution in [0.15, 0.2) is 59.4 Å². The minimum Gasteiger partial charge on any atom is -0.320 e. The van der Waals surface area contributed by atoms with E-state index in [0.29, 0.717) is 0 Å². The summed E-state index contributed by atoms with van der Waals surface area (Å²) in [6.07, 6.45) is 0. The first-order chi connectivity index (χ1) is 13.8. The number of aryl methyl sites for hydroxylation is 1. The SMILES string of the molecule is Cc1cc(=O)c(C(=O)Nc2cccc([N+](=O)[O-])c2)nn1-c1ccccc1[N+](=O)[O-]. The zero-order valence-electron chi connectivity index (χ0n) is 14.9. The molecule has 11 nitrogen and oxygen atoms in total. The number of hydrogen-bond acceptors (Lipinski definition) is 7. The van der Waals surface area contributed by atoms with Crippen molar-refractivity contribution < 1.29 is 14.6 Å². The third-order valence-corrected chi connectivity index (χ3v) is 3.94. The lowest BCUT2D eigenvalue weighted by Gasteiger charge is -2.11. The number of nitro benzene ring substituents is 2. The molecule has 1 N–H and O–H groups in total. The van der Waals surface area contributed by atoms with Crippen molar-refractivity contribution in [3.63, 3.8) is 0 Å². The summed E-state index contributed by atoms with van der Waals surface area (Å²) in [5, 5.41) is 28.5. The molecule has 0 saturated heterocycles. The van der Waals surface area contributed by atoms with Crippen LogP contribution in [0, 0.1) is 27.2 Å². The number of para-hydroxylation sites is 2. The van der Waals surface area contributed by atoms with Crippen molar-refractivity contribution in [2.24, 2.45) is 0 Å². The Bertz CT molecular complexity index is 1200. The molecule has 0 bridgehead atoms. The maximum atomic E-state index is 12.5. The molecule has 1 heterocycles. The van der Waals surface area contributed by atoms with Crippen LogP contribution in [0.4, 0.5) is 17.1 Å². The molecule has 0 saturated carbocycles. The van der Waals surface area contributed by atoms with E-state index < -0.39 is 26.9 Å². The number of hydrogen-bond donors (Lipinski definition) is 1. The number of benzene rings is 2. The molecule has 0 fully saturated rings. The standard InChI is InChI=1S/C18H13N5O6/c1-11-9-16(24)17(18(25)19-12-5-4-6-13(10-12)22(26)27)20-21(11)14-7-2-3-8-15(14)23(28)29/h2-10H,1H3,(H,19,25). The van der Waals surface area contributed by atoms with Crippen LogP contribution in [0.1, 0.15) is 16.2 Å². The number of aromatic nitrogens is 2. The monoisotopic (exact) mass is 395 g/mol. The molecule has 0 unspecified atom stereocenters. The fraction of sp³-hybridized carbons (Fsp3) is 0.0556. The second-order valence-electron chi connectivity index (χ2n) is 5.92. The first kappa shape index (κ1) is 19.4. The van der Waals surface area contributed by atoms with Crippen molar-refractivity contribution in [3.05, 3.63) is 96.4 Å². The highest BCUT2D eigenvalue weighted by Crippen LogP contribution is 2.22. The molecule has 0 aliphatic rings. The van der Waals surface area contributed by atoms with Crippen LogP contribution in [0.5, 0.6) is 0 Å². The van der Waals surface area contributed by atoms with E-state index in [2.05, 4.69) is 10.4 Å². The number of non-ortho nitro benzene ring substituents is 1. The lowest BCUT2D eigenvalue weighted by atomic mass is 10.2. The van der Waals surface area contributed by atoms with E-state index in [4.69, 9.17) is 0 Å². The van der Waals surface area contributed by atoms with E-state index in [9.17, 15) is 29.8 Å². The summed E-state index contributed by atoms with van der Waals surface area (Å²) >= 11 is 0. The predicted octanol–water partition coefficient (Wildman–Crippen LogP) is 2.61. The van der Waals surface area contributed by atoms with Gasteiger partial charge in [-0.05, 0) is 19.1 Å². The molecule has 2 aromatic carbocycles. The number of rotatable bonds is 5. The van der Waals surface area contributed by atoms with Crippen LogP contribution in [0.2, 0.25) is 0 Å². The van der Waals surface area contributed by atoms with Gasteiger partial charge < -0.3 is 5.32 Å². The summed E-state index contributed by atoms with van der Waals surface area (Å²) < 4.78 is 1.13. The Labute approximate surface area is 162 Å². The second-order valence-corrected chi connectivity index (χ2v) is 5.92. The van der Waals surface area contributed by atoms with Crippen LogP contribution in [-0.2, 0) is 0 Å². The molecule has 11 heteroatoms. The molecule has 3 aromatic rings. The minimum atomic E-state index is -0.900. The van der Waals surface area contributed by atoms with Crippen molar-refractivity contribution in [2.45, 2.75) is 6.92 Å². The van der Waals surface area contributed by atoms with Gasteiger partial charge in [0.2, 0.25) is 5.43 Å². The van der Waals surface area contributed by atoms with Crippen molar-refractivity contribution in [1.82, 2.24) is 9.78 Å². The highest BCUT2D eigenvalue weighted by molar-refractivity contribution is 6.02. The van der Waals surface area contributed by atoms with Gasteiger partial charge in [0.25, 0.3) is 17.3 Å². The first-order valence-electron chi connectivity index (χ1n) is 8.18. The Morgan fingerprint density at radius 2 is 1.76 bits per heavy atom. The summed E-state index contributed by atoms with van der Waals surface area (Å²) in [6.45, 7) is 1.52. The van der Waals surface area contributed by atoms with Crippen molar-refractivity contribution in [1.29, 1.82) is 0 Å². The highest BCUT2D eigenvalue weighted by atomic mass is 16.6. The zero-order valence-corrected chi connectivity index (χ0v) is 14.9. The van der Waals surface area contributed by atoms with Gasteiger partial charge in [-0.1, -0.05) is 18.2 Å². The van der Waals surface area contributed by atoms with Crippen LogP contribution < -0.4 is 10.7 Å². The van der Waals surface area contributed by atoms with E-state index in [0.717, 1.165) is 16.8 Å². The van der Waals surface area contributed by atoms with Crippen molar-refractivity contribution in [2.75, 3.05) is 5.32 Å². The van der Waals surface area contributed by atoms with E-state index in [-0.39, 0.29) is 28.4 Å². The normalized spacial score (nSPS) is 10.4. The van der Waals surface area contributed by atoms with Crippen molar-refractivity contribution >= 4 is 23.0 Å². The van der Waals surface area contributed by atoms with E-state index in [1.54, 1.807) is 6.07 Å². The maximum Gasteiger partial charge on any atom is 0.294 e. The molecule has 3 rings (SSSR count). The molecular weight excluding hydrogens is 382 g/mol. The lowest BCUT2D eigenvalue weighted by Crippen LogP contribution is -2.27. The number of carbonyl (C=O) groups is 1. The minimum absolute atomic E-state index is 0.0828. The number of carbonyl (C=O) groups excluding carboxylic acids is 1. The van der Waals surface area contributed by atoms with Gasteiger partial charge in [-0.25, -0.2) is 4.68 Å². The average molecular weight is 395 g/mol. The number of nitro groups is 2. The average Bonchev–Trinajstić information content (AvgIpc) is 2.68. The van der Waals surface area contributed by atoms with Gasteiger partial charge in [0.1, 0.15) is 5.69 Å². The molecule has 1 aromatic heterocycles. The molecule has 1 amide bonds. The lowest BCUT2D eigenvalue weighted by molar-refractivity contribution is -0.384. The first-order valence-corrected chi connectivity index (χ1v) is 8.18. The van der Waals surface area contributed by atoms with E-state index >= 15 is 0 Å². The molecule has 0 atom stereocenters. The largest absolute Gasteiger partial charge is 0.320 e. The van der Waals surface area contributed by atoms with Crippen LogP contribution in [0.25, 0.3) is 5.69 Å². The van der Waals surface area contributed by atoms with Gasteiger partial charge in [-0.2, -0.15) is 5.10 Å². The highest BCUT2D eigenvalue weighted by Gasteiger charge is 2.20. The number of anilines is 1. The van der Waals surface area contributed by atoms with Gasteiger partial charge in [0.05, 0.1) is 9.85 Å². The fourth-order valence-corrected chi connectivity index (χ4v) is 2.63. The summed E-state index contributed by atoms with van der Waals surface area (Å²) in [5.41, 5.74) is -1.23. The Kier molecular flexibility index (Phi) is 5.13. The quantitative estimate of drug-likeness (QED) is 0.515. The Morgan fingerprint density at radius 3 is 2.45 bits per heavy atom. The third-order valence-electron chi connectivity index (χ3n) is 3.94. The molecule has 29 heavy (non-hydrogen) atoms. The van der Waals surface area contributed by atoms with Gasteiger partial charge in [-0.15, -0.1) is 0 Å². The third kappa shape index (κ3) is 3.98. The second kappa shape index (κ2) is 7.68. The maximum absolute atomic E-state index is 12.5. The van der Waals surface area contributed by atoms with Crippen LogP contribution >= 0.6 is 0 Å². The molecular formula is C18H13N5O6. The number of nitrogens with one attached hydrogen (secondary N) is 1. The summed E-state index contributed by atoms with van der Waals surface area (Å²) in [5.74, 6) is -0.900. The number of nitrogens with zero attached hydrogens (tertiary/aromatic N) is 4. The number of amides is 1. The fourth-order valence-electron chi connectivity index (χ4n) is 2.63. The molecule has 0 aliphatic carbocycles. The molecule has 146 valence electrons. The van der Waals surface area contributed by atoms with Gasteiger partial charge in [-0.3, -0.25) is 29.8 Å². The van der Waals surface area contributed by atoms with Gasteiger partial charge >= 0.3 is 0 Å². The van der Waals surface area contributed by atoms with Crippen LogP contribution in [0.3, 0.4) is 0 Å². The topological polar surface area (TPSA) is 150 Å². The van der Waals surface area contributed by atoms with Gasteiger partial charge in [0, 0.05) is 35.6 Å². The van der Waals surface area contributed by atoms with Gasteiger partial charge in [0.15, 0.2) is 5.69 Å². The van der Waals surface area contributed by atoms with Crippen LogP contribution in [-0.4, -0.2) is 25.5 Å². The molecule has 0 radical (unpaired) electrons. The Morgan fingerprint density at radius 1 is 1.03 bits per heavy atom. The zero-order chi connectivity index (χ0) is 21.1. The Hall–Kier alpha value is -4.41. The summed E-state index contributed by atoms with van der Waals surface area (Å²) in [6, 6.07) is 12.1. The Balaban J connectivity index is 2.03. The van der Waals surface area contributed by atoms with Crippen molar-refractivity contribution in [3.8, 4) is 5.69 Å². The summed E-state index contributed by atoms with van der Waals surface area (Å²) in [7, 11) is 0. The molecule has 0 spiro atoms.